The van der Waals surface area contributed by atoms with Crippen molar-refractivity contribution >= 4 is 17.7 Å². The van der Waals surface area contributed by atoms with Gasteiger partial charge < -0.3 is 9.47 Å². The van der Waals surface area contributed by atoms with Crippen molar-refractivity contribution in [3.05, 3.63) is 23.8 Å². The zero-order valence-corrected chi connectivity index (χ0v) is 10.1. The number of esters is 2. The summed E-state index contributed by atoms with van der Waals surface area (Å²) in [6, 6.07) is 0. The molecule has 7 heteroatoms. The van der Waals surface area contributed by atoms with Crippen LogP contribution in [0.1, 0.15) is 37.0 Å². The maximum Gasteiger partial charge on any atom is 0.366 e. The number of carbonyl (C=O) groups excluding carboxylic acids is 2. The monoisotopic (exact) mass is 249 g/mol. The van der Waals surface area contributed by atoms with E-state index >= 15 is 0 Å². The standard InChI is InChI=1S/C11H11N3O4/c1-11(2,3)18-7(15)4-6-8-9(10(16)17-6)14-13-5-12-8/h4-5H,1-3H3/b6-4-. The van der Waals surface area contributed by atoms with E-state index in [0.717, 1.165) is 6.08 Å². The summed E-state index contributed by atoms with van der Waals surface area (Å²) in [6.07, 6.45) is 2.24. The van der Waals surface area contributed by atoms with Gasteiger partial charge in [-0.25, -0.2) is 14.6 Å². The van der Waals surface area contributed by atoms with Gasteiger partial charge in [0.2, 0.25) is 5.69 Å². The fraction of sp³-hybridized carbons (Fsp3) is 0.364. The van der Waals surface area contributed by atoms with Crippen LogP contribution >= 0.6 is 0 Å². The molecule has 0 unspecified atom stereocenters. The summed E-state index contributed by atoms with van der Waals surface area (Å²) in [5.41, 5.74) is -0.433. The molecule has 0 spiro atoms. The van der Waals surface area contributed by atoms with Gasteiger partial charge in [0.05, 0.1) is 6.08 Å². The molecule has 0 amide bonds. The highest BCUT2D eigenvalue weighted by Gasteiger charge is 2.31. The van der Waals surface area contributed by atoms with Gasteiger partial charge in [0.15, 0.2) is 5.76 Å². The van der Waals surface area contributed by atoms with Crippen LogP contribution in [0.4, 0.5) is 0 Å². The number of cyclic esters (lactones) is 1. The van der Waals surface area contributed by atoms with Crippen molar-refractivity contribution in [1.82, 2.24) is 15.2 Å². The van der Waals surface area contributed by atoms with E-state index in [-0.39, 0.29) is 17.1 Å². The number of carbonyl (C=O) groups is 2. The average molecular weight is 249 g/mol. The molecule has 0 fully saturated rings. The molecule has 1 aliphatic heterocycles. The smallest absolute Gasteiger partial charge is 0.366 e. The second kappa shape index (κ2) is 4.17. The van der Waals surface area contributed by atoms with Crippen LogP contribution in [0.25, 0.3) is 5.76 Å². The van der Waals surface area contributed by atoms with Crippen molar-refractivity contribution < 1.29 is 19.1 Å². The molecule has 0 saturated carbocycles. The predicted octanol–water partition coefficient (Wildman–Crippen LogP) is 0.725. The Bertz CT molecular complexity index is 545. The van der Waals surface area contributed by atoms with E-state index in [4.69, 9.17) is 9.47 Å². The van der Waals surface area contributed by atoms with Crippen LogP contribution in [0.2, 0.25) is 0 Å². The van der Waals surface area contributed by atoms with E-state index in [9.17, 15) is 9.59 Å². The normalized spacial score (nSPS) is 16.4. The first-order valence-corrected chi connectivity index (χ1v) is 5.22. The molecule has 2 heterocycles. The van der Waals surface area contributed by atoms with E-state index in [0.29, 0.717) is 0 Å². The lowest BCUT2D eigenvalue weighted by Gasteiger charge is -2.18. The van der Waals surface area contributed by atoms with Crippen LogP contribution in [0.15, 0.2) is 12.4 Å². The molecule has 0 atom stereocenters. The highest BCUT2D eigenvalue weighted by molar-refractivity contribution is 6.03. The van der Waals surface area contributed by atoms with Gasteiger partial charge in [-0.15, -0.1) is 10.2 Å². The van der Waals surface area contributed by atoms with E-state index in [2.05, 4.69) is 15.2 Å². The zero-order valence-electron chi connectivity index (χ0n) is 10.1. The van der Waals surface area contributed by atoms with Gasteiger partial charge in [-0.3, -0.25) is 0 Å². The SMILES string of the molecule is CC(C)(C)OC(=O)/C=C1\OC(=O)c2nncnc21. The van der Waals surface area contributed by atoms with Crippen LogP contribution in [0, 0.1) is 0 Å². The summed E-state index contributed by atoms with van der Waals surface area (Å²) >= 11 is 0. The largest absolute Gasteiger partial charge is 0.457 e. The van der Waals surface area contributed by atoms with E-state index < -0.39 is 17.5 Å². The van der Waals surface area contributed by atoms with Crippen LogP contribution < -0.4 is 0 Å². The summed E-state index contributed by atoms with van der Waals surface area (Å²) < 4.78 is 9.95. The van der Waals surface area contributed by atoms with Gasteiger partial charge in [-0.1, -0.05) is 0 Å². The van der Waals surface area contributed by atoms with Gasteiger partial charge in [0, 0.05) is 0 Å². The molecule has 0 bridgehead atoms. The minimum Gasteiger partial charge on any atom is -0.457 e. The van der Waals surface area contributed by atoms with E-state index in [1.165, 1.54) is 6.33 Å². The van der Waals surface area contributed by atoms with Crippen molar-refractivity contribution in [2.45, 2.75) is 26.4 Å². The summed E-state index contributed by atoms with van der Waals surface area (Å²) in [4.78, 5) is 26.8. The summed E-state index contributed by atoms with van der Waals surface area (Å²) in [5.74, 6) is -1.27. The van der Waals surface area contributed by atoms with Gasteiger partial charge in [-0.05, 0) is 20.8 Å². The lowest BCUT2D eigenvalue weighted by Crippen LogP contribution is -2.22. The Hall–Kier alpha value is -2.31. The summed E-state index contributed by atoms with van der Waals surface area (Å²) in [7, 11) is 0. The third-order valence-corrected chi connectivity index (χ3v) is 1.91. The first kappa shape index (κ1) is 12.2. The Morgan fingerprint density at radius 1 is 1.39 bits per heavy atom. The average Bonchev–Trinajstić information content (AvgIpc) is 2.54. The molecule has 1 aromatic rings. The quantitative estimate of drug-likeness (QED) is 0.535. The molecule has 0 N–H and O–H groups in total. The number of aromatic nitrogens is 3. The Balaban J connectivity index is 2.27. The highest BCUT2D eigenvalue weighted by atomic mass is 16.6. The molecule has 1 aromatic heterocycles. The fourth-order valence-corrected chi connectivity index (χ4v) is 1.33. The van der Waals surface area contributed by atoms with Gasteiger partial charge >= 0.3 is 11.9 Å². The number of nitrogens with zero attached hydrogens (tertiary/aromatic N) is 3. The molecule has 0 radical (unpaired) electrons. The van der Waals surface area contributed by atoms with Crippen molar-refractivity contribution in [3.63, 3.8) is 0 Å². The molecule has 0 aromatic carbocycles. The first-order chi connectivity index (χ1) is 8.37. The Labute approximate surface area is 103 Å². The molecule has 7 nitrogen and oxygen atoms in total. The zero-order chi connectivity index (χ0) is 13.3. The minimum absolute atomic E-state index is 0.00712. The van der Waals surface area contributed by atoms with Gasteiger partial charge in [0.1, 0.15) is 17.6 Å². The van der Waals surface area contributed by atoms with Crippen LogP contribution in [-0.2, 0) is 14.3 Å². The summed E-state index contributed by atoms with van der Waals surface area (Å²) in [6.45, 7) is 5.21. The molecule has 1 aliphatic rings. The molecular weight excluding hydrogens is 238 g/mol. The summed E-state index contributed by atoms with van der Waals surface area (Å²) in [5, 5.41) is 7.07. The maximum atomic E-state index is 11.6. The minimum atomic E-state index is -0.680. The predicted molar refractivity (Wildman–Crippen MR) is 59.1 cm³/mol. The Morgan fingerprint density at radius 2 is 2.11 bits per heavy atom. The third kappa shape index (κ3) is 2.50. The Morgan fingerprint density at radius 3 is 2.78 bits per heavy atom. The number of rotatable bonds is 1. The maximum absolute atomic E-state index is 11.6. The highest BCUT2D eigenvalue weighted by Crippen LogP contribution is 2.25. The topological polar surface area (TPSA) is 91.3 Å². The molecule has 18 heavy (non-hydrogen) atoms. The molecule has 0 aliphatic carbocycles. The van der Waals surface area contributed by atoms with Crippen molar-refractivity contribution in [2.24, 2.45) is 0 Å². The molecular formula is C11H11N3O4. The van der Waals surface area contributed by atoms with Gasteiger partial charge in [0.25, 0.3) is 0 Å². The van der Waals surface area contributed by atoms with Crippen molar-refractivity contribution in [3.8, 4) is 0 Å². The first-order valence-electron chi connectivity index (χ1n) is 5.22. The second-order valence-electron chi connectivity index (χ2n) is 4.59. The lowest BCUT2D eigenvalue weighted by molar-refractivity contribution is -0.148. The van der Waals surface area contributed by atoms with Crippen molar-refractivity contribution in [2.75, 3.05) is 0 Å². The number of ether oxygens (including phenoxy) is 2. The lowest BCUT2D eigenvalue weighted by atomic mass is 10.2. The second-order valence-corrected chi connectivity index (χ2v) is 4.59. The fourth-order valence-electron chi connectivity index (χ4n) is 1.33. The Kier molecular flexibility index (Phi) is 2.82. The van der Waals surface area contributed by atoms with Crippen molar-refractivity contribution in [1.29, 1.82) is 0 Å². The number of fused-ring (bicyclic) bond motifs is 1. The van der Waals surface area contributed by atoms with Gasteiger partial charge in [-0.2, -0.15) is 0 Å². The molecule has 94 valence electrons. The number of hydrogen-bond donors (Lipinski definition) is 0. The van der Waals surface area contributed by atoms with Crippen LogP contribution in [0.3, 0.4) is 0 Å². The van der Waals surface area contributed by atoms with E-state index in [1.54, 1.807) is 20.8 Å². The molecule has 2 rings (SSSR count). The third-order valence-electron chi connectivity index (χ3n) is 1.91. The molecule has 0 saturated heterocycles. The number of hydrogen-bond acceptors (Lipinski definition) is 7. The van der Waals surface area contributed by atoms with Crippen LogP contribution in [-0.4, -0.2) is 32.7 Å². The van der Waals surface area contributed by atoms with E-state index in [1.807, 2.05) is 0 Å². The van der Waals surface area contributed by atoms with Crippen LogP contribution in [0.5, 0.6) is 0 Å².